The summed E-state index contributed by atoms with van der Waals surface area (Å²) in [6.45, 7) is 3.69. The first-order chi connectivity index (χ1) is 12.0. The van der Waals surface area contributed by atoms with Gasteiger partial charge in [0, 0.05) is 38.1 Å². The lowest BCUT2D eigenvalue weighted by atomic mass is 10.2. The minimum absolute atomic E-state index is 0.0250. The Morgan fingerprint density at radius 1 is 1.08 bits per heavy atom. The third-order valence-corrected chi connectivity index (χ3v) is 6.38. The quantitative estimate of drug-likeness (QED) is 0.902. The van der Waals surface area contributed by atoms with Crippen molar-refractivity contribution < 1.29 is 13.2 Å². The lowest BCUT2D eigenvalue weighted by molar-refractivity contribution is -0.130. The number of nitrogens with one attached hydrogen (secondary N) is 1. The first kappa shape index (κ1) is 17.7. The van der Waals surface area contributed by atoms with Crippen molar-refractivity contribution in [2.45, 2.75) is 24.7 Å². The first-order valence-electron chi connectivity index (χ1n) is 8.44. The number of rotatable bonds is 4. The largest absolute Gasteiger partial charge is 0.365 e. The van der Waals surface area contributed by atoms with E-state index in [-0.39, 0.29) is 5.91 Å². The fourth-order valence-corrected chi connectivity index (χ4v) is 4.46. The van der Waals surface area contributed by atoms with E-state index in [1.165, 1.54) is 4.31 Å². The van der Waals surface area contributed by atoms with Crippen LogP contribution < -0.4 is 0 Å². The van der Waals surface area contributed by atoms with Gasteiger partial charge in [-0.3, -0.25) is 4.79 Å². The summed E-state index contributed by atoms with van der Waals surface area (Å²) in [7, 11) is -3.51. The molecule has 25 heavy (non-hydrogen) atoms. The molecule has 3 rings (SSSR count). The number of aromatic amines is 1. The molecule has 1 aromatic carbocycles. The molecule has 0 atom stereocenters. The van der Waals surface area contributed by atoms with Crippen molar-refractivity contribution in [1.29, 1.82) is 0 Å². The van der Waals surface area contributed by atoms with Crippen molar-refractivity contribution in [3.05, 3.63) is 53.9 Å². The van der Waals surface area contributed by atoms with Gasteiger partial charge in [0.2, 0.25) is 15.9 Å². The molecule has 7 heteroatoms. The number of nitrogens with zero attached hydrogens (tertiary/aromatic N) is 2. The number of hydrogen-bond acceptors (Lipinski definition) is 3. The van der Waals surface area contributed by atoms with Gasteiger partial charge < -0.3 is 9.88 Å². The molecule has 6 nitrogen and oxygen atoms in total. The van der Waals surface area contributed by atoms with E-state index in [9.17, 15) is 13.2 Å². The van der Waals surface area contributed by atoms with Crippen molar-refractivity contribution in [1.82, 2.24) is 14.2 Å². The van der Waals surface area contributed by atoms with Crippen LogP contribution in [0.4, 0.5) is 0 Å². The Balaban J connectivity index is 1.66. The highest BCUT2D eigenvalue weighted by Gasteiger charge is 2.28. The molecule has 1 fully saturated rings. The average molecular weight is 361 g/mol. The molecule has 0 unspecified atom stereocenters. The van der Waals surface area contributed by atoms with Crippen LogP contribution in [0.2, 0.25) is 0 Å². The van der Waals surface area contributed by atoms with Crippen LogP contribution in [0.1, 0.15) is 17.7 Å². The molecular weight excluding hydrogens is 338 g/mol. The molecule has 0 bridgehead atoms. The summed E-state index contributed by atoms with van der Waals surface area (Å²) in [4.78, 5) is 17.5. The summed E-state index contributed by atoms with van der Waals surface area (Å²) in [6.07, 6.45) is 2.75. The van der Waals surface area contributed by atoms with Gasteiger partial charge in [0.1, 0.15) is 0 Å². The van der Waals surface area contributed by atoms with E-state index in [1.54, 1.807) is 35.4 Å². The number of carbonyl (C=O) groups is 1. The topological polar surface area (TPSA) is 73.5 Å². The van der Waals surface area contributed by atoms with Gasteiger partial charge in [0.25, 0.3) is 0 Å². The van der Waals surface area contributed by atoms with Crippen LogP contribution >= 0.6 is 0 Å². The standard InChI is InChI=1S/C18H23N3O3S/c1-15-5-7-17(8-6-15)25(23,24)21-11-3-10-20(12-13-21)18(22)14-16-4-2-9-19-16/h2,4-9,19H,3,10-14H2,1H3. The van der Waals surface area contributed by atoms with Crippen LogP contribution in [-0.2, 0) is 21.2 Å². The Hall–Kier alpha value is -2.12. The van der Waals surface area contributed by atoms with E-state index < -0.39 is 10.0 Å². The van der Waals surface area contributed by atoms with E-state index in [0.29, 0.717) is 43.9 Å². The van der Waals surface area contributed by atoms with E-state index in [1.807, 2.05) is 19.1 Å². The van der Waals surface area contributed by atoms with Crippen molar-refractivity contribution in [2.75, 3.05) is 26.2 Å². The van der Waals surface area contributed by atoms with E-state index in [4.69, 9.17) is 0 Å². The maximum atomic E-state index is 12.8. The van der Waals surface area contributed by atoms with Crippen LogP contribution in [0.3, 0.4) is 0 Å². The highest BCUT2D eigenvalue weighted by molar-refractivity contribution is 7.89. The molecule has 0 saturated carbocycles. The Kier molecular flexibility index (Phi) is 5.24. The first-order valence-corrected chi connectivity index (χ1v) is 9.88. The fourth-order valence-electron chi connectivity index (χ4n) is 3.00. The Labute approximate surface area is 148 Å². The number of benzene rings is 1. The molecule has 2 aromatic rings. The third-order valence-electron chi connectivity index (χ3n) is 4.47. The predicted molar refractivity (Wildman–Crippen MR) is 95.6 cm³/mol. The van der Waals surface area contributed by atoms with Crippen LogP contribution in [0, 0.1) is 6.92 Å². The lowest BCUT2D eigenvalue weighted by Gasteiger charge is -2.22. The number of sulfonamides is 1. The SMILES string of the molecule is Cc1ccc(S(=O)(=O)N2CCCN(C(=O)Cc3ccc[nH]3)CC2)cc1. The second kappa shape index (κ2) is 7.41. The van der Waals surface area contributed by atoms with Crippen LogP contribution in [0.5, 0.6) is 0 Å². The Morgan fingerprint density at radius 3 is 2.52 bits per heavy atom. The summed E-state index contributed by atoms with van der Waals surface area (Å²) >= 11 is 0. The van der Waals surface area contributed by atoms with Gasteiger partial charge in [-0.1, -0.05) is 17.7 Å². The van der Waals surface area contributed by atoms with Gasteiger partial charge in [-0.15, -0.1) is 0 Å². The van der Waals surface area contributed by atoms with Gasteiger partial charge in [0.05, 0.1) is 11.3 Å². The van der Waals surface area contributed by atoms with Crippen molar-refractivity contribution in [3.63, 3.8) is 0 Å². The Bertz CT molecular complexity index is 814. The number of aryl methyl sites for hydroxylation is 1. The fraction of sp³-hybridized carbons (Fsp3) is 0.389. The smallest absolute Gasteiger partial charge is 0.243 e. The second-order valence-electron chi connectivity index (χ2n) is 6.32. The highest BCUT2D eigenvalue weighted by atomic mass is 32.2. The molecule has 134 valence electrons. The average Bonchev–Trinajstić information content (AvgIpc) is 2.95. The van der Waals surface area contributed by atoms with Gasteiger partial charge >= 0.3 is 0 Å². The van der Waals surface area contributed by atoms with Gasteiger partial charge in [0.15, 0.2) is 0 Å². The zero-order chi connectivity index (χ0) is 17.9. The molecular formula is C18H23N3O3S. The summed E-state index contributed by atoms with van der Waals surface area (Å²) in [5.74, 6) is 0.0250. The molecule has 1 aromatic heterocycles. The number of hydrogen-bond donors (Lipinski definition) is 1. The van der Waals surface area contributed by atoms with E-state index in [2.05, 4.69) is 4.98 Å². The zero-order valence-corrected chi connectivity index (χ0v) is 15.1. The molecule has 1 N–H and O–H groups in total. The Morgan fingerprint density at radius 2 is 1.84 bits per heavy atom. The molecule has 1 saturated heterocycles. The predicted octanol–water partition coefficient (Wildman–Crippen LogP) is 1.79. The number of aromatic nitrogens is 1. The van der Waals surface area contributed by atoms with Gasteiger partial charge in [-0.05, 0) is 37.6 Å². The monoisotopic (exact) mass is 361 g/mol. The molecule has 0 spiro atoms. The summed E-state index contributed by atoms with van der Waals surface area (Å²) < 4.78 is 27.1. The number of carbonyl (C=O) groups excluding carboxylic acids is 1. The third kappa shape index (κ3) is 4.11. The summed E-state index contributed by atoms with van der Waals surface area (Å²) in [5, 5.41) is 0. The number of H-pyrrole nitrogens is 1. The summed E-state index contributed by atoms with van der Waals surface area (Å²) in [5.41, 5.74) is 1.90. The normalized spacial score (nSPS) is 16.6. The molecule has 1 aliphatic heterocycles. The number of amides is 1. The molecule has 2 heterocycles. The maximum Gasteiger partial charge on any atom is 0.243 e. The summed E-state index contributed by atoms with van der Waals surface area (Å²) in [6, 6.07) is 10.6. The van der Waals surface area contributed by atoms with Gasteiger partial charge in [-0.2, -0.15) is 4.31 Å². The highest BCUT2D eigenvalue weighted by Crippen LogP contribution is 2.18. The van der Waals surface area contributed by atoms with E-state index >= 15 is 0 Å². The minimum atomic E-state index is -3.51. The molecule has 1 aliphatic rings. The molecule has 0 aliphatic carbocycles. The van der Waals surface area contributed by atoms with Crippen molar-refractivity contribution in [2.24, 2.45) is 0 Å². The van der Waals surface area contributed by atoms with Crippen molar-refractivity contribution in [3.8, 4) is 0 Å². The van der Waals surface area contributed by atoms with Crippen LogP contribution in [0.15, 0.2) is 47.5 Å². The van der Waals surface area contributed by atoms with Crippen LogP contribution in [-0.4, -0.2) is 54.7 Å². The van der Waals surface area contributed by atoms with Crippen LogP contribution in [0.25, 0.3) is 0 Å². The molecule has 0 radical (unpaired) electrons. The lowest BCUT2D eigenvalue weighted by Crippen LogP contribution is -2.38. The van der Waals surface area contributed by atoms with E-state index in [0.717, 1.165) is 11.3 Å². The van der Waals surface area contributed by atoms with Crippen molar-refractivity contribution >= 4 is 15.9 Å². The minimum Gasteiger partial charge on any atom is -0.365 e. The maximum absolute atomic E-state index is 12.8. The van der Waals surface area contributed by atoms with Gasteiger partial charge in [-0.25, -0.2) is 8.42 Å². The second-order valence-corrected chi connectivity index (χ2v) is 8.26. The zero-order valence-electron chi connectivity index (χ0n) is 14.3. The molecule has 1 amide bonds.